The van der Waals surface area contributed by atoms with Crippen LogP contribution in [-0.4, -0.2) is 31.8 Å². The highest BCUT2D eigenvalue weighted by Crippen LogP contribution is 2.31. The molecular weight excluding hydrogens is 416 g/mol. The van der Waals surface area contributed by atoms with Crippen LogP contribution in [0.2, 0.25) is 0 Å². The minimum Gasteiger partial charge on any atom is -0.493 e. The first kappa shape index (κ1) is 21.1. The molecule has 7 nitrogen and oxygen atoms in total. The molecule has 0 saturated heterocycles. The van der Waals surface area contributed by atoms with Crippen LogP contribution >= 0.6 is 0 Å². The van der Waals surface area contributed by atoms with Gasteiger partial charge in [0, 0.05) is 12.0 Å². The maximum Gasteiger partial charge on any atom is 0.243 e. The topological polar surface area (TPSA) is 88.9 Å². The molecule has 31 heavy (non-hydrogen) atoms. The highest BCUT2D eigenvalue weighted by atomic mass is 32.2. The second-order valence-electron chi connectivity index (χ2n) is 7.46. The van der Waals surface area contributed by atoms with Gasteiger partial charge in [-0.05, 0) is 37.3 Å². The predicted octanol–water partition coefficient (Wildman–Crippen LogP) is 3.42. The third-order valence-corrected chi connectivity index (χ3v) is 6.99. The number of furan rings is 1. The summed E-state index contributed by atoms with van der Waals surface area (Å²) in [6.45, 7) is 2.01. The van der Waals surface area contributed by atoms with E-state index in [4.69, 9.17) is 9.15 Å². The van der Waals surface area contributed by atoms with Crippen LogP contribution in [0.1, 0.15) is 29.3 Å². The first-order valence-electron chi connectivity index (χ1n) is 10.0. The summed E-state index contributed by atoms with van der Waals surface area (Å²) in [5, 5.41) is 2.96. The van der Waals surface area contributed by atoms with Crippen molar-refractivity contribution in [3.05, 3.63) is 83.8 Å². The number of nitrogens with one attached hydrogen (secondary N) is 1. The second kappa shape index (κ2) is 8.95. The normalized spacial score (nSPS) is 15.9. The van der Waals surface area contributed by atoms with E-state index in [1.54, 1.807) is 36.4 Å². The molecule has 0 radical (unpaired) electrons. The molecule has 0 saturated carbocycles. The van der Waals surface area contributed by atoms with Gasteiger partial charge in [-0.2, -0.15) is 4.31 Å². The zero-order chi connectivity index (χ0) is 21.8. The summed E-state index contributed by atoms with van der Waals surface area (Å²) in [5.41, 5.74) is 1.84. The van der Waals surface area contributed by atoms with Gasteiger partial charge < -0.3 is 14.5 Å². The van der Waals surface area contributed by atoms with E-state index < -0.39 is 10.0 Å². The lowest BCUT2D eigenvalue weighted by Gasteiger charge is -2.28. The summed E-state index contributed by atoms with van der Waals surface area (Å²) in [6.07, 6.45) is 2.09. The number of para-hydroxylation sites is 1. The fourth-order valence-electron chi connectivity index (χ4n) is 3.55. The maximum absolute atomic E-state index is 13.3. The average Bonchev–Trinajstić information content (AvgIpc) is 3.27. The van der Waals surface area contributed by atoms with E-state index in [9.17, 15) is 13.2 Å². The number of fused-ring (bicyclic) bond motifs is 1. The van der Waals surface area contributed by atoms with Gasteiger partial charge in [-0.15, -0.1) is 0 Å². The summed E-state index contributed by atoms with van der Waals surface area (Å²) in [4.78, 5) is 13.0. The van der Waals surface area contributed by atoms with Crippen molar-refractivity contribution < 1.29 is 22.4 Å². The molecule has 3 aromatic rings. The Bertz CT molecular complexity index is 1140. The maximum atomic E-state index is 13.3. The summed E-state index contributed by atoms with van der Waals surface area (Å²) >= 11 is 0. The summed E-state index contributed by atoms with van der Waals surface area (Å²) in [6, 6.07) is 17.2. The van der Waals surface area contributed by atoms with Crippen LogP contribution in [0.25, 0.3) is 0 Å². The molecule has 162 valence electrons. The number of hydrogen-bond acceptors (Lipinski definition) is 5. The third kappa shape index (κ3) is 4.81. The van der Waals surface area contributed by atoms with Gasteiger partial charge >= 0.3 is 0 Å². The molecule has 1 aliphatic rings. The van der Waals surface area contributed by atoms with E-state index in [0.717, 1.165) is 21.2 Å². The molecule has 4 rings (SSSR count). The van der Waals surface area contributed by atoms with Crippen LogP contribution in [0.3, 0.4) is 0 Å². The second-order valence-corrected chi connectivity index (χ2v) is 9.40. The Labute approximate surface area is 181 Å². The quantitative estimate of drug-likeness (QED) is 0.608. The van der Waals surface area contributed by atoms with E-state index in [2.05, 4.69) is 5.32 Å². The molecule has 1 aromatic heterocycles. The van der Waals surface area contributed by atoms with E-state index in [1.165, 1.54) is 6.26 Å². The first-order chi connectivity index (χ1) is 14.9. The van der Waals surface area contributed by atoms with Crippen molar-refractivity contribution in [3.8, 4) is 5.75 Å². The van der Waals surface area contributed by atoms with Crippen molar-refractivity contribution in [2.75, 3.05) is 13.2 Å². The van der Waals surface area contributed by atoms with Gasteiger partial charge in [-0.25, -0.2) is 8.42 Å². The zero-order valence-electron chi connectivity index (χ0n) is 17.2. The molecule has 0 fully saturated rings. The van der Waals surface area contributed by atoms with Crippen LogP contribution in [0.4, 0.5) is 0 Å². The number of rotatable bonds is 7. The number of carbonyl (C=O) groups excluding carboxylic acids is 1. The molecule has 2 aromatic carbocycles. The predicted molar refractivity (Wildman–Crippen MR) is 115 cm³/mol. The number of sulfonamides is 1. The summed E-state index contributed by atoms with van der Waals surface area (Å²) < 4.78 is 38.7. The minimum absolute atomic E-state index is 0.0407. The minimum atomic E-state index is -3.90. The number of nitrogens with zero attached hydrogens (tertiary/aromatic N) is 1. The highest BCUT2D eigenvalue weighted by molar-refractivity contribution is 7.89. The monoisotopic (exact) mass is 440 g/mol. The van der Waals surface area contributed by atoms with E-state index in [0.29, 0.717) is 18.8 Å². The Hall–Kier alpha value is -3.10. The van der Waals surface area contributed by atoms with E-state index in [1.807, 2.05) is 31.2 Å². The van der Waals surface area contributed by atoms with Crippen LogP contribution in [0.15, 0.2) is 76.2 Å². The number of hydrogen-bond donors (Lipinski definition) is 1. The van der Waals surface area contributed by atoms with Crippen molar-refractivity contribution in [1.29, 1.82) is 0 Å². The summed E-state index contributed by atoms with van der Waals surface area (Å²) in [7, 11) is -3.90. The fraction of sp³-hybridized carbons (Fsp3) is 0.261. The van der Waals surface area contributed by atoms with Crippen molar-refractivity contribution in [1.82, 2.24) is 9.62 Å². The Morgan fingerprint density at radius 3 is 2.61 bits per heavy atom. The fourth-order valence-corrected chi connectivity index (χ4v) is 4.92. The SMILES string of the molecule is Cc1ccc(S(=O)(=O)N(CC(=O)N[C@@H]2CCOc3ccccc32)Cc2ccco2)cc1. The Kier molecular flexibility index (Phi) is 6.11. The largest absolute Gasteiger partial charge is 0.493 e. The van der Waals surface area contributed by atoms with Crippen LogP contribution in [0, 0.1) is 6.92 Å². The molecule has 0 spiro atoms. The zero-order valence-corrected chi connectivity index (χ0v) is 18.0. The van der Waals surface area contributed by atoms with Gasteiger partial charge in [-0.1, -0.05) is 35.9 Å². The third-order valence-electron chi connectivity index (χ3n) is 5.18. The molecule has 1 N–H and O–H groups in total. The molecule has 1 aliphatic heterocycles. The van der Waals surface area contributed by atoms with Crippen molar-refractivity contribution >= 4 is 15.9 Å². The van der Waals surface area contributed by atoms with Gasteiger partial charge in [0.2, 0.25) is 15.9 Å². The number of carbonyl (C=O) groups is 1. The van der Waals surface area contributed by atoms with Crippen LogP contribution in [-0.2, 0) is 21.4 Å². The Balaban J connectivity index is 1.55. The lowest BCUT2D eigenvalue weighted by atomic mass is 10.0. The molecule has 1 amide bonds. The van der Waals surface area contributed by atoms with Crippen molar-refractivity contribution in [3.63, 3.8) is 0 Å². The van der Waals surface area contributed by atoms with Gasteiger partial charge in [0.1, 0.15) is 11.5 Å². The van der Waals surface area contributed by atoms with Gasteiger partial charge in [0.25, 0.3) is 0 Å². The van der Waals surface area contributed by atoms with Gasteiger partial charge in [-0.3, -0.25) is 4.79 Å². The Morgan fingerprint density at radius 2 is 1.87 bits per heavy atom. The molecule has 2 heterocycles. The van der Waals surface area contributed by atoms with Crippen LogP contribution < -0.4 is 10.1 Å². The standard InChI is InChI=1S/C23H24N2O5S/c1-17-8-10-19(11-9-17)31(27,28)25(15-18-5-4-13-29-18)16-23(26)24-21-12-14-30-22-7-3-2-6-20(21)22/h2-11,13,21H,12,14-16H2,1H3,(H,24,26)/t21-/m1/s1. The molecule has 1 atom stereocenters. The number of ether oxygens (including phenoxy) is 1. The number of aryl methyl sites for hydroxylation is 1. The lowest BCUT2D eigenvalue weighted by molar-refractivity contribution is -0.122. The number of benzene rings is 2. The summed E-state index contributed by atoms with van der Waals surface area (Å²) in [5.74, 6) is 0.808. The lowest BCUT2D eigenvalue weighted by Crippen LogP contribution is -2.42. The molecule has 0 bridgehead atoms. The number of amides is 1. The van der Waals surface area contributed by atoms with Crippen molar-refractivity contribution in [2.45, 2.75) is 30.8 Å². The highest BCUT2D eigenvalue weighted by Gasteiger charge is 2.29. The molecule has 0 aliphatic carbocycles. The van der Waals surface area contributed by atoms with Crippen LogP contribution in [0.5, 0.6) is 5.75 Å². The molecule has 8 heteroatoms. The smallest absolute Gasteiger partial charge is 0.243 e. The first-order valence-corrected chi connectivity index (χ1v) is 11.5. The van der Waals surface area contributed by atoms with Gasteiger partial charge in [0.05, 0.1) is 36.9 Å². The molecule has 0 unspecified atom stereocenters. The van der Waals surface area contributed by atoms with E-state index >= 15 is 0 Å². The van der Waals surface area contributed by atoms with Crippen molar-refractivity contribution in [2.24, 2.45) is 0 Å². The van der Waals surface area contributed by atoms with E-state index in [-0.39, 0.29) is 29.9 Å². The van der Waals surface area contributed by atoms with Gasteiger partial charge in [0.15, 0.2) is 0 Å². The average molecular weight is 441 g/mol. The Morgan fingerprint density at radius 1 is 1.10 bits per heavy atom. The molecular formula is C23H24N2O5S.